The van der Waals surface area contributed by atoms with Crippen molar-refractivity contribution in [1.29, 1.82) is 0 Å². The number of aliphatic hydroxyl groups is 1. The van der Waals surface area contributed by atoms with Crippen LogP contribution in [0.3, 0.4) is 0 Å². The van der Waals surface area contributed by atoms with Crippen LogP contribution in [-0.4, -0.2) is 76.4 Å². The van der Waals surface area contributed by atoms with Gasteiger partial charge in [0.15, 0.2) is 29.5 Å². The monoisotopic (exact) mass is 619 g/mol. The maximum atomic E-state index is 15.5. The summed E-state index contributed by atoms with van der Waals surface area (Å²) in [6.45, 7) is 0. The van der Waals surface area contributed by atoms with Crippen molar-refractivity contribution in [2.45, 2.75) is 42.2 Å². The van der Waals surface area contributed by atoms with Gasteiger partial charge in [-0.3, -0.25) is 4.57 Å². The van der Waals surface area contributed by atoms with Crippen LogP contribution in [0.15, 0.2) is 30.6 Å². The summed E-state index contributed by atoms with van der Waals surface area (Å²) in [5.41, 5.74) is 1.23. The molecule has 1 aromatic carbocycles. The summed E-state index contributed by atoms with van der Waals surface area (Å²) in [6.07, 6.45) is -5.85. The van der Waals surface area contributed by atoms with Crippen LogP contribution in [0.25, 0.3) is 11.2 Å². The zero-order valence-corrected chi connectivity index (χ0v) is 20.3. The fourth-order valence-corrected chi connectivity index (χ4v) is 4.76. The number of hydrogen-bond acceptors (Lipinski definition) is 9. The lowest BCUT2D eigenvalue weighted by Gasteiger charge is -2.28. The number of hydrogen-bond donors (Lipinski definition) is 4. The Hall–Kier alpha value is -2.66. The molecule has 184 valence electrons. The number of alkyl halides is 1. The van der Waals surface area contributed by atoms with Gasteiger partial charge < -0.3 is 30.5 Å². The van der Waals surface area contributed by atoms with E-state index in [2.05, 4.69) is 15.0 Å². The summed E-state index contributed by atoms with van der Waals surface area (Å²) in [4.78, 5) is 35.9. The quantitative estimate of drug-likeness (QED) is 0.169. The third-order valence-corrected chi connectivity index (χ3v) is 7.02. The molecule has 1 saturated carbocycles. The minimum atomic E-state index is -2.78. The molecule has 3 aromatic rings. The average molecular weight is 620 g/mol. The number of imidazole rings is 1. The molecule has 0 amide bonds. The molecule has 35 heavy (non-hydrogen) atoms. The van der Waals surface area contributed by atoms with Gasteiger partial charge in [-0.1, -0.05) is 12.1 Å². The van der Waals surface area contributed by atoms with Crippen LogP contribution in [0, 0.1) is 3.57 Å². The minimum Gasteiger partial charge on any atom is -0.479 e. The minimum absolute atomic E-state index is 0.0412. The van der Waals surface area contributed by atoms with Crippen LogP contribution in [-0.2, 0) is 25.5 Å². The Balaban J connectivity index is 1.42. The Morgan fingerprint density at radius 3 is 2.51 bits per heavy atom. The molecule has 1 saturated heterocycles. The summed E-state index contributed by atoms with van der Waals surface area (Å²) in [7, 11) is 0. The highest BCUT2D eigenvalue weighted by Gasteiger charge is 2.80. The third kappa shape index (κ3) is 3.62. The van der Waals surface area contributed by atoms with Crippen LogP contribution in [0.2, 0.25) is 5.28 Å². The molecular weight excluding hydrogens is 604 g/mol. The SMILES string of the molecule is Nc1nc(Cl)nc2c1ncn2[C@@H]1O[C@@H]2C(OC(Cc3ccc(I)cc3)(C(=O)O)C(=O)O)[C@]2(O)[C@@H]1F. The van der Waals surface area contributed by atoms with Crippen molar-refractivity contribution >= 4 is 63.1 Å². The highest BCUT2D eigenvalue weighted by molar-refractivity contribution is 14.1. The number of halogens is 3. The van der Waals surface area contributed by atoms with Gasteiger partial charge in [0.2, 0.25) is 5.28 Å². The highest BCUT2D eigenvalue weighted by Crippen LogP contribution is 2.58. The van der Waals surface area contributed by atoms with Crippen LogP contribution < -0.4 is 5.73 Å². The second-order valence-electron chi connectivity index (χ2n) is 8.22. The van der Waals surface area contributed by atoms with Gasteiger partial charge in [0.1, 0.15) is 17.7 Å². The predicted octanol–water partition coefficient (Wildman–Crippen LogP) is 1.18. The molecule has 1 aliphatic carbocycles. The Bertz CT molecular complexity index is 1340. The standard InChI is InChI=1S/C20H16ClFIN5O7/c21-18-26-13(24)9-14(27-18)28(6-25-9)15-10(22)20(33)11(34-15)12(20)35-19(16(29)30,17(31)32)5-7-1-3-8(23)4-2-7/h1-4,6,10-12,15,33H,5H2,(H,29,30)(H,31,32)(H2,24,26,27)/t10-,11-,12?,15-,20+/m1/s1. The number of aromatic nitrogens is 4. The molecule has 0 bridgehead atoms. The number of benzene rings is 1. The molecule has 1 aliphatic heterocycles. The molecule has 12 nitrogen and oxygen atoms in total. The number of ether oxygens (including phenoxy) is 2. The van der Waals surface area contributed by atoms with Crippen LogP contribution in [0.4, 0.5) is 10.2 Å². The number of nitrogens with zero attached hydrogens (tertiary/aromatic N) is 4. The molecule has 1 unspecified atom stereocenters. The van der Waals surface area contributed by atoms with Crippen molar-refractivity contribution in [3.8, 4) is 0 Å². The normalized spacial score (nSPS) is 27.7. The van der Waals surface area contributed by atoms with Gasteiger partial charge in [0.25, 0.3) is 5.60 Å². The molecule has 0 spiro atoms. The number of fused-ring (bicyclic) bond motifs is 2. The van der Waals surface area contributed by atoms with E-state index in [4.69, 9.17) is 26.8 Å². The zero-order valence-electron chi connectivity index (χ0n) is 17.4. The number of carboxylic acids is 2. The van der Waals surface area contributed by atoms with Crippen molar-refractivity contribution in [1.82, 2.24) is 19.5 Å². The summed E-state index contributed by atoms with van der Waals surface area (Å²) in [5.74, 6) is -3.64. The van der Waals surface area contributed by atoms with Crippen molar-refractivity contribution in [3.63, 3.8) is 0 Å². The van der Waals surface area contributed by atoms with E-state index in [-0.39, 0.29) is 22.3 Å². The number of nitrogen functional groups attached to an aromatic ring is 1. The summed E-state index contributed by atoms with van der Waals surface area (Å²) < 4.78 is 28.6. The average Bonchev–Trinajstić information content (AvgIpc) is 3.05. The van der Waals surface area contributed by atoms with E-state index in [0.717, 1.165) is 3.57 Å². The van der Waals surface area contributed by atoms with E-state index in [1.807, 2.05) is 22.6 Å². The lowest BCUT2D eigenvalue weighted by Crippen LogP contribution is -2.53. The second kappa shape index (κ2) is 8.19. The lowest BCUT2D eigenvalue weighted by molar-refractivity contribution is -0.194. The largest absolute Gasteiger partial charge is 0.479 e. The topological polar surface area (TPSA) is 183 Å². The molecule has 5 N–H and O–H groups in total. The lowest BCUT2D eigenvalue weighted by atomic mass is 9.94. The smallest absolute Gasteiger partial charge is 0.348 e. The zero-order chi connectivity index (χ0) is 25.3. The van der Waals surface area contributed by atoms with Crippen molar-refractivity contribution < 1.29 is 38.8 Å². The van der Waals surface area contributed by atoms with Crippen molar-refractivity contribution in [3.05, 3.63) is 45.0 Å². The fourth-order valence-electron chi connectivity index (χ4n) is 4.22. The molecule has 2 aromatic heterocycles. The molecule has 15 heteroatoms. The molecular formula is C20H16ClFIN5O7. The van der Waals surface area contributed by atoms with E-state index < -0.39 is 54.2 Å². The van der Waals surface area contributed by atoms with Crippen molar-refractivity contribution in [2.75, 3.05) is 5.73 Å². The number of anilines is 1. The first-order valence-corrected chi connectivity index (χ1v) is 11.5. The Morgan fingerprint density at radius 1 is 1.29 bits per heavy atom. The van der Waals surface area contributed by atoms with E-state index in [1.165, 1.54) is 10.9 Å². The number of carboxylic acid groups (broad SMARTS) is 2. The summed E-state index contributed by atoms with van der Waals surface area (Å²) >= 11 is 7.88. The predicted molar refractivity (Wildman–Crippen MR) is 124 cm³/mol. The Morgan fingerprint density at radius 2 is 1.94 bits per heavy atom. The number of aliphatic carboxylic acids is 2. The highest BCUT2D eigenvalue weighted by atomic mass is 127. The molecule has 0 radical (unpaired) electrons. The third-order valence-electron chi connectivity index (χ3n) is 6.14. The van der Waals surface area contributed by atoms with E-state index in [0.29, 0.717) is 5.56 Å². The fraction of sp³-hybridized carbons (Fsp3) is 0.350. The molecule has 5 atom stereocenters. The summed E-state index contributed by atoms with van der Waals surface area (Å²) in [5, 5.41) is 30.3. The molecule has 2 fully saturated rings. The number of nitrogens with two attached hydrogens (primary N) is 1. The van der Waals surface area contributed by atoms with Gasteiger partial charge in [-0.15, -0.1) is 0 Å². The van der Waals surface area contributed by atoms with Crippen LogP contribution >= 0.6 is 34.2 Å². The number of carbonyl (C=O) groups is 2. The van der Waals surface area contributed by atoms with E-state index in [9.17, 15) is 24.9 Å². The Labute approximate surface area is 214 Å². The van der Waals surface area contributed by atoms with Gasteiger partial charge in [-0.2, -0.15) is 9.97 Å². The number of rotatable bonds is 7. The first-order valence-electron chi connectivity index (χ1n) is 10.1. The van der Waals surface area contributed by atoms with E-state index in [1.54, 1.807) is 24.3 Å². The maximum absolute atomic E-state index is 15.5. The van der Waals surface area contributed by atoms with E-state index >= 15 is 4.39 Å². The molecule has 3 heterocycles. The maximum Gasteiger partial charge on any atom is 0.348 e. The van der Waals surface area contributed by atoms with Gasteiger partial charge in [-0.05, 0) is 51.9 Å². The Kier molecular flexibility index (Phi) is 5.63. The second-order valence-corrected chi connectivity index (χ2v) is 9.80. The first-order chi connectivity index (χ1) is 16.5. The van der Waals surface area contributed by atoms with Gasteiger partial charge in [0, 0.05) is 9.99 Å². The van der Waals surface area contributed by atoms with Crippen molar-refractivity contribution in [2.24, 2.45) is 0 Å². The van der Waals surface area contributed by atoms with Gasteiger partial charge >= 0.3 is 11.9 Å². The van der Waals surface area contributed by atoms with Crippen LogP contribution in [0.5, 0.6) is 0 Å². The summed E-state index contributed by atoms with van der Waals surface area (Å²) in [6, 6.07) is 6.46. The van der Waals surface area contributed by atoms with Crippen LogP contribution in [0.1, 0.15) is 11.8 Å². The van der Waals surface area contributed by atoms with Gasteiger partial charge in [-0.25, -0.2) is 19.0 Å². The molecule has 2 aliphatic rings. The van der Waals surface area contributed by atoms with Gasteiger partial charge in [0.05, 0.1) is 6.33 Å². The molecule has 5 rings (SSSR count). The first kappa shape index (κ1) is 24.1.